The zero-order valence-electron chi connectivity index (χ0n) is 9.04. The molecule has 0 amide bonds. The first-order valence-electron chi connectivity index (χ1n) is 4.67. The van der Waals surface area contributed by atoms with E-state index in [1.54, 1.807) is 0 Å². The van der Waals surface area contributed by atoms with E-state index in [-0.39, 0.29) is 6.54 Å². The fourth-order valence-electron chi connectivity index (χ4n) is 1.23. The van der Waals surface area contributed by atoms with Gasteiger partial charge in [0.15, 0.2) is 4.90 Å². The zero-order chi connectivity index (χ0) is 13.1. The van der Waals surface area contributed by atoms with Crippen LogP contribution in [0.15, 0.2) is 29.2 Å². The van der Waals surface area contributed by atoms with Gasteiger partial charge >= 0.3 is 0 Å². The van der Waals surface area contributed by atoms with Crippen LogP contribution in [0.4, 0.5) is 10.1 Å². The molecule has 1 aromatic rings. The number of halogens is 1. The molecule has 0 bridgehead atoms. The Morgan fingerprint density at radius 1 is 1.41 bits per heavy atom. The number of para-hydroxylation sites is 1. The molecule has 17 heavy (non-hydrogen) atoms. The van der Waals surface area contributed by atoms with Crippen molar-refractivity contribution in [1.82, 2.24) is 4.31 Å². The van der Waals surface area contributed by atoms with Crippen LogP contribution in [0, 0.1) is 10.1 Å². The van der Waals surface area contributed by atoms with Crippen LogP contribution >= 0.6 is 0 Å². The maximum atomic E-state index is 12.1. The van der Waals surface area contributed by atoms with E-state index in [0.717, 1.165) is 16.4 Å². The Bertz CT molecular complexity index is 517. The maximum absolute atomic E-state index is 12.1. The number of hydrogen-bond donors (Lipinski definition) is 0. The molecule has 0 radical (unpaired) electrons. The van der Waals surface area contributed by atoms with Crippen LogP contribution in [-0.2, 0) is 10.0 Å². The molecule has 0 spiro atoms. The van der Waals surface area contributed by atoms with E-state index in [4.69, 9.17) is 0 Å². The van der Waals surface area contributed by atoms with Gasteiger partial charge in [-0.25, -0.2) is 12.8 Å². The van der Waals surface area contributed by atoms with Crippen LogP contribution in [0.2, 0.25) is 0 Å². The van der Waals surface area contributed by atoms with Crippen molar-refractivity contribution in [2.75, 3.05) is 20.3 Å². The lowest BCUT2D eigenvalue weighted by molar-refractivity contribution is -0.387. The number of rotatable bonds is 5. The average molecular weight is 262 g/mol. The quantitative estimate of drug-likeness (QED) is 0.589. The molecule has 0 heterocycles. The van der Waals surface area contributed by atoms with Crippen molar-refractivity contribution in [2.24, 2.45) is 0 Å². The van der Waals surface area contributed by atoms with E-state index in [9.17, 15) is 22.9 Å². The maximum Gasteiger partial charge on any atom is 0.289 e. The lowest BCUT2D eigenvalue weighted by atomic mass is 10.3. The lowest BCUT2D eigenvalue weighted by Crippen LogP contribution is -2.29. The van der Waals surface area contributed by atoms with Crippen molar-refractivity contribution >= 4 is 15.7 Å². The van der Waals surface area contributed by atoms with E-state index >= 15 is 0 Å². The SMILES string of the molecule is CN(CCF)S(=O)(=O)c1ccccc1[N+](=O)[O-]. The van der Waals surface area contributed by atoms with Crippen LogP contribution in [0.5, 0.6) is 0 Å². The summed E-state index contributed by atoms with van der Waals surface area (Å²) in [7, 11) is -2.85. The predicted octanol–water partition coefficient (Wildman–Crippen LogP) is 1.18. The van der Waals surface area contributed by atoms with Crippen molar-refractivity contribution in [1.29, 1.82) is 0 Å². The van der Waals surface area contributed by atoms with Gasteiger partial charge in [-0.1, -0.05) is 12.1 Å². The topological polar surface area (TPSA) is 80.5 Å². The lowest BCUT2D eigenvalue weighted by Gasteiger charge is -2.15. The third kappa shape index (κ3) is 2.77. The zero-order valence-corrected chi connectivity index (χ0v) is 9.85. The third-order valence-corrected chi connectivity index (χ3v) is 4.05. The monoisotopic (exact) mass is 262 g/mol. The summed E-state index contributed by atoms with van der Waals surface area (Å²) < 4.78 is 36.7. The Morgan fingerprint density at radius 3 is 2.53 bits per heavy atom. The van der Waals surface area contributed by atoms with Gasteiger partial charge in [-0.3, -0.25) is 10.1 Å². The first-order chi connectivity index (χ1) is 7.91. The average Bonchev–Trinajstić information content (AvgIpc) is 2.29. The van der Waals surface area contributed by atoms with Crippen molar-refractivity contribution in [3.05, 3.63) is 34.4 Å². The predicted molar refractivity (Wildman–Crippen MR) is 58.9 cm³/mol. The summed E-state index contributed by atoms with van der Waals surface area (Å²) in [4.78, 5) is 9.49. The van der Waals surface area contributed by atoms with E-state index < -0.39 is 32.2 Å². The van der Waals surface area contributed by atoms with Crippen molar-refractivity contribution in [3.63, 3.8) is 0 Å². The first-order valence-corrected chi connectivity index (χ1v) is 6.11. The molecule has 0 saturated heterocycles. The highest BCUT2D eigenvalue weighted by molar-refractivity contribution is 7.89. The van der Waals surface area contributed by atoms with E-state index in [1.807, 2.05) is 0 Å². The highest BCUT2D eigenvalue weighted by Crippen LogP contribution is 2.25. The minimum atomic E-state index is -4.03. The summed E-state index contributed by atoms with van der Waals surface area (Å²) in [5, 5.41) is 10.7. The van der Waals surface area contributed by atoms with Gasteiger partial charge in [0.2, 0.25) is 10.0 Å². The van der Waals surface area contributed by atoms with Crippen LogP contribution in [0.25, 0.3) is 0 Å². The summed E-state index contributed by atoms with van der Waals surface area (Å²) in [6.45, 7) is -1.19. The fraction of sp³-hybridized carbons (Fsp3) is 0.333. The Kier molecular flexibility index (Phi) is 4.13. The molecule has 6 nitrogen and oxygen atoms in total. The van der Waals surface area contributed by atoms with Gasteiger partial charge < -0.3 is 0 Å². The summed E-state index contributed by atoms with van der Waals surface area (Å²) in [5.41, 5.74) is -0.516. The molecule has 0 atom stereocenters. The minimum absolute atomic E-state index is 0.339. The summed E-state index contributed by atoms with van der Waals surface area (Å²) >= 11 is 0. The standard InChI is InChI=1S/C9H11FN2O4S/c1-11(7-6-10)17(15,16)9-5-3-2-4-8(9)12(13)14/h2-5H,6-7H2,1H3. The molecule has 1 aromatic carbocycles. The van der Waals surface area contributed by atoms with Crippen LogP contribution in [0.3, 0.4) is 0 Å². The largest absolute Gasteiger partial charge is 0.289 e. The summed E-state index contributed by atoms with van der Waals surface area (Å²) in [6.07, 6.45) is 0. The second-order valence-corrected chi connectivity index (χ2v) is 5.25. The molecular formula is C9H11FN2O4S. The minimum Gasteiger partial charge on any atom is -0.258 e. The normalized spacial score (nSPS) is 11.7. The Labute approximate surface area is 97.9 Å². The van der Waals surface area contributed by atoms with E-state index in [2.05, 4.69) is 0 Å². The van der Waals surface area contributed by atoms with Crippen molar-refractivity contribution < 1.29 is 17.7 Å². The molecule has 0 aromatic heterocycles. The number of alkyl halides is 1. The van der Waals surface area contributed by atoms with Gasteiger partial charge in [-0.2, -0.15) is 4.31 Å². The molecule has 94 valence electrons. The number of nitro benzene ring substituents is 1. The molecule has 0 N–H and O–H groups in total. The van der Waals surface area contributed by atoms with Gasteiger partial charge in [0.1, 0.15) is 6.67 Å². The number of hydrogen-bond acceptors (Lipinski definition) is 4. The highest BCUT2D eigenvalue weighted by atomic mass is 32.2. The summed E-state index contributed by atoms with van der Waals surface area (Å²) in [6, 6.07) is 4.97. The van der Waals surface area contributed by atoms with Gasteiger partial charge in [-0.15, -0.1) is 0 Å². The molecule has 0 saturated carbocycles. The Morgan fingerprint density at radius 2 is 2.00 bits per heavy atom. The molecule has 0 unspecified atom stereocenters. The van der Waals surface area contributed by atoms with Gasteiger partial charge in [0.05, 0.1) is 4.92 Å². The molecule has 0 aliphatic rings. The molecule has 8 heteroatoms. The molecule has 0 aliphatic carbocycles. The fourth-order valence-corrected chi connectivity index (χ4v) is 2.54. The Hall–Kier alpha value is -1.54. The van der Waals surface area contributed by atoms with Gasteiger partial charge in [0, 0.05) is 19.7 Å². The first kappa shape index (κ1) is 13.5. The highest BCUT2D eigenvalue weighted by Gasteiger charge is 2.28. The summed E-state index contributed by atoms with van der Waals surface area (Å²) in [5.74, 6) is 0. The molecule has 1 rings (SSSR count). The number of nitro groups is 1. The van der Waals surface area contributed by atoms with Gasteiger partial charge in [0.25, 0.3) is 5.69 Å². The van der Waals surface area contributed by atoms with Crippen LogP contribution < -0.4 is 0 Å². The second kappa shape index (κ2) is 5.19. The smallest absolute Gasteiger partial charge is 0.258 e. The Balaban J connectivity index is 3.29. The van der Waals surface area contributed by atoms with E-state index in [1.165, 1.54) is 19.2 Å². The number of benzene rings is 1. The number of sulfonamides is 1. The molecule has 0 aliphatic heterocycles. The van der Waals surface area contributed by atoms with Crippen molar-refractivity contribution in [2.45, 2.75) is 4.90 Å². The second-order valence-electron chi connectivity index (χ2n) is 3.24. The van der Waals surface area contributed by atoms with Gasteiger partial charge in [-0.05, 0) is 6.07 Å². The van der Waals surface area contributed by atoms with Crippen LogP contribution in [-0.4, -0.2) is 37.9 Å². The number of nitrogens with zero attached hydrogens (tertiary/aromatic N) is 2. The van der Waals surface area contributed by atoms with Crippen molar-refractivity contribution in [3.8, 4) is 0 Å². The molecule has 0 fully saturated rings. The molecular weight excluding hydrogens is 251 g/mol. The third-order valence-electron chi connectivity index (χ3n) is 2.15. The van der Waals surface area contributed by atoms with Crippen LogP contribution in [0.1, 0.15) is 0 Å². The van der Waals surface area contributed by atoms with E-state index in [0.29, 0.717) is 0 Å².